The fourth-order valence-electron chi connectivity index (χ4n) is 1.49. The maximum Gasteiger partial charge on any atom is 0.243 e. The fourth-order valence-corrected chi connectivity index (χ4v) is 2.64. The van der Waals surface area contributed by atoms with Gasteiger partial charge in [-0.1, -0.05) is 0 Å². The van der Waals surface area contributed by atoms with Crippen LogP contribution in [-0.2, 0) is 16.4 Å². The topological polar surface area (TPSA) is 88.0 Å². The first kappa shape index (κ1) is 11.9. The van der Waals surface area contributed by atoms with E-state index in [2.05, 4.69) is 14.9 Å². The second-order valence-corrected chi connectivity index (χ2v) is 5.45. The molecule has 0 amide bonds. The van der Waals surface area contributed by atoms with E-state index in [0.29, 0.717) is 6.42 Å². The zero-order valence-electron chi connectivity index (χ0n) is 9.25. The van der Waals surface area contributed by atoms with Gasteiger partial charge in [0, 0.05) is 18.7 Å². The summed E-state index contributed by atoms with van der Waals surface area (Å²) < 4.78 is 31.4. The van der Waals surface area contributed by atoms with E-state index < -0.39 is 10.0 Å². The molecule has 0 aliphatic heterocycles. The van der Waals surface area contributed by atoms with Crippen LogP contribution >= 0.6 is 0 Å². The Balaban J connectivity index is 2.01. The molecule has 92 valence electrons. The third kappa shape index (κ3) is 2.95. The van der Waals surface area contributed by atoms with Gasteiger partial charge in [0.1, 0.15) is 10.7 Å². The van der Waals surface area contributed by atoms with Crippen molar-refractivity contribution in [2.75, 3.05) is 0 Å². The summed E-state index contributed by atoms with van der Waals surface area (Å²) in [5.74, 6) is 0.743. The molecule has 7 heteroatoms. The van der Waals surface area contributed by atoms with Crippen molar-refractivity contribution in [1.82, 2.24) is 14.9 Å². The van der Waals surface area contributed by atoms with Gasteiger partial charge < -0.3 is 4.42 Å². The molecule has 2 aromatic rings. The SMILES string of the molecule is CC(Cc1ccco1)NS(=O)(=O)c1cn[nH]c1. The van der Waals surface area contributed by atoms with E-state index in [4.69, 9.17) is 4.42 Å². The monoisotopic (exact) mass is 255 g/mol. The lowest BCUT2D eigenvalue weighted by molar-refractivity contribution is 0.479. The molecule has 2 aromatic heterocycles. The molecule has 1 unspecified atom stereocenters. The van der Waals surface area contributed by atoms with Crippen molar-refractivity contribution < 1.29 is 12.8 Å². The average Bonchev–Trinajstić information content (AvgIpc) is 2.87. The normalized spacial score (nSPS) is 13.7. The summed E-state index contributed by atoms with van der Waals surface area (Å²) in [6, 6.07) is 3.33. The molecule has 2 heterocycles. The van der Waals surface area contributed by atoms with E-state index in [-0.39, 0.29) is 10.9 Å². The van der Waals surface area contributed by atoms with Crippen LogP contribution in [0.25, 0.3) is 0 Å². The zero-order valence-corrected chi connectivity index (χ0v) is 10.1. The van der Waals surface area contributed by atoms with E-state index in [1.807, 2.05) is 6.07 Å². The second kappa shape index (κ2) is 4.72. The third-order valence-corrected chi connectivity index (χ3v) is 3.78. The predicted molar refractivity (Wildman–Crippen MR) is 60.8 cm³/mol. The molecular weight excluding hydrogens is 242 g/mol. The van der Waals surface area contributed by atoms with E-state index in [1.165, 1.54) is 12.4 Å². The molecule has 0 fully saturated rings. The Morgan fingerprint density at radius 2 is 2.41 bits per heavy atom. The van der Waals surface area contributed by atoms with Gasteiger partial charge >= 0.3 is 0 Å². The molecule has 17 heavy (non-hydrogen) atoms. The minimum Gasteiger partial charge on any atom is -0.469 e. The van der Waals surface area contributed by atoms with Gasteiger partial charge in [-0.2, -0.15) is 5.10 Å². The van der Waals surface area contributed by atoms with Crippen molar-refractivity contribution in [3.05, 3.63) is 36.5 Å². The minimum absolute atomic E-state index is 0.129. The Hall–Kier alpha value is -1.60. The Bertz CT molecular complexity index is 546. The summed E-state index contributed by atoms with van der Waals surface area (Å²) in [6.45, 7) is 1.78. The number of aromatic amines is 1. The highest BCUT2D eigenvalue weighted by Gasteiger charge is 2.18. The van der Waals surface area contributed by atoms with Crippen molar-refractivity contribution in [1.29, 1.82) is 0 Å². The molecule has 0 aliphatic carbocycles. The van der Waals surface area contributed by atoms with Crippen LogP contribution in [0.3, 0.4) is 0 Å². The number of H-pyrrole nitrogens is 1. The second-order valence-electron chi connectivity index (χ2n) is 3.74. The maximum atomic E-state index is 11.8. The van der Waals surface area contributed by atoms with E-state index >= 15 is 0 Å². The number of nitrogens with one attached hydrogen (secondary N) is 2. The summed E-state index contributed by atoms with van der Waals surface area (Å²) in [7, 11) is -3.50. The van der Waals surface area contributed by atoms with Gasteiger partial charge in [0.25, 0.3) is 0 Å². The first-order valence-corrected chi connectivity index (χ1v) is 6.60. The number of nitrogens with zero attached hydrogens (tertiary/aromatic N) is 1. The molecular formula is C10H13N3O3S. The van der Waals surface area contributed by atoms with Gasteiger partial charge in [0.2, 0.25) is 10.0 Å². The lowest BCUT2D eigenvalue weighted by atomic mass is 10.2. The molecule has 6 nitrogen and oxygen atoms in total. The van der Waals surface area contributed by atoms with Crippen LogP contribution in [0.5, 0.6) is 0 Å². The molecule has 0 bridgehead atoms. The van der Waals surface area contributed by atoms with Crippen molar-refractivity contribution in [2.24, 2.45) is 0 Å². The highest BCUT2D eigenvalue weighted by Crippen LogP contribution is 2.09. The summed E-state index contributed by atoms with van der Waals surface area (Å²) in [4.78, 5) is 0.129. The minimum atomic E-state index is -3.50. The molecule has 0 spiro atoms. The van der Waals surface area contributed by atoms with Crippen molar-refractivity contribution >= 4 is 10.0 Å². The van der Waals surface area contributed by atoms with Gasteiger partial charge in [-0.3, -0.25) is 5.10 Å². The van der Waals surface area contributed by atoms with Crippen LogP contribution in [0, 0.1) is 0 Å². The summed E-state index contributed by atoms with van der Waals surface area (Å²) in [5.41, 5.74) is 0. The Kier molecular flexibility index (Phi) is 3.30. The molecule has 1 atom stereocenters. The average molecular weight is 255 g/mol. The smallest absolute Gasteiger partial charge is 0.243 e. The van der Waals surface area contributed by atoms with E-state index in [9.17, 15) is 8.42 Å². The highest BCUT2D eigenvalue weighted by molar-refractivity contribution is 7.89. The zero-order chi connectivity index (χ0) is 12.3. The number of rotatable bonds is 5. The van der Waals surface area contributed by atoms with Crippen LogP contribution in [0.15, 0.2) is 40.1 Å². The van der Waals surface area contributed by atoms with Crippen LogP contribution in [0.4, 0.5) is 0 Å². The molecule has 0 saturated heterocycles. The number of furan rings is 1. The molecule has 0 saturated carbocycles. The highest BCUT2D eigenvalue weighted by atomic mass is 32.2. The summed E-state index contributed by atoms with van der Waals surface area (Å²) in [5, 5.41) is 6.08. The standard InChI is InChI=1S/C10H13N3O3S/c1-8(5-9-3-2-4-16-9)13-17(14,15)10-6-11-12-7-10/h2-4,6-8,13H,5H2,1H3,(H,11,12). The molecule has 0 aromatic carbocycles. The van der Waals surface area contributed by atoms with Crippen molar-refractivity contribution in [2.45, 2.75) is 24.3 Å². The lowest BCUT2D eigenvalue weighted by Gasteiger charge is -2.11. The largest absolute Gasteiger partial charge is 0.469 e. The molecule has 2 rings (SSSR count). The molecule has 0 aliphatic rings. The van der Waals surface area contributed by atoms with Crippen LogP contribution in [-0.4, -0.2) is 24.7 Å². The van der Waals surface area contributed by atoms with Crippen LogP contribution < -0.4 is 4.72 Å². The van der Waals surface area contributed by atoms with Crippen LogP contribution in [0.1, 0.15) is 12.7 Å². The number of hydrogen-bond donors (Lipinski definition) is 2. The predicted octanol–water partition coefficient (Wildman–Crippen LogP) is 0.912. The third-order valence-electron chi connectivity index (χ3n) is 2.23. The first-order valence-electron chi connectivity index (χ1n) is 5.11. The van der Waals surface area contributed by atoms with Crippen molar-refractivity contribution in [3.63, 3.8) is 0 Å². The lowest BCUT2D eigenvalue weighted by Crippen LogP contribution is -2.33. The van der Waals surface area contributed by atoms with Crippen LogP contribution in [0.2, 0.25) is 0 Å². The fraction of sp³-hybridized carbons (Fsp3) is 0.300. The number of sulfonamides is 1. The molecule has 2 N–H and O–H groups in total. The number of aromatic nitrogens is 2. The number of hydrogen-bond acceptors (Lipinski definition) is 4. The Morgan fingerprint density at radius 1 is 1.59 bits per heavy atom. The van der Waals surface area contributed by atoms with Gasteiger partial charge in [0.15, 0.2) is 0 Å². The van der Waals surface area contributed by atoms with Crippen molar-refractivity contribution in [3.8, 4) is 0 Å². The van der Waals surface area contributed by atoms with Gasteiger partial charge in [0.05, 0.1) is 12.5 Å². The first-order chi connectivity index (χ1) is 8.08. The molecule has 0 radical (unpaired) electrons. The summed E-state index contributed by atoms with van der Waals surface area (Å²) >= 11 is 0. The van der Waals surface area contributed by atoms with E-state index in [0.717, 1.165) is 5.76 Å². The summed E-state index contributed by atoms with van der Waals surface area (Å²) in [6.07, 6.45) is 4.67. The quantitative estimate of drug-likeness (QED) is 0.831. The van der Waals surface area contributed by atoms with Gasteiger partial charge in [-0.15, -0.1) is 0 Å². The van der Waals surface area contributed by atoms with E-state index in [1.54, 1.807) is 19.3 Å². The Labute approximate surface area is 99.1 Å². The van der Waals surface area contributed by atoms with Gasteiger partial charge in [-0.05, 0) is 19.1 Å². The maximum absolute atomic E-state index is 11.8. The van der Waals surface area contributed by atoms with Gasteiger partial charge in [-0.25, -0.2) is 13.1 Å². The Morgan fingerprint density at radius 3 is 3.00 bits per heavy atom.